The first-order valence-corrected chi connectivity index (χ1v) is 9.82. The van der Waals surface area contributed by atoms with E-state index in [1.54, 1.807) is 12.1 Å². The number of urea groups is 1. The van der Waals surface area contributed by atoms with Crippen LogP contribution in [-0.4, -0.2) is 37.7 Å². The lowest BCUT2D eigenvalue weighted by atomic mass is 10.0. The molecule has 0 radical (unpaired) electrons. The van der Waals surface area contributed by atoms with Gasteiger partial charge >= 0.3 is 6.03 Å². The van der Waals surface area contributed by atoms with E-state index in [0.29, 0.717) is 31.9 Å². The van der Waals surface area contributed by atoms with Crippen LogP contribution in [0.1, 0.15) is 19.4 Å². The molecule has 1 unspecified atom stereocenters. The molecular weight excluding hydrogens is 370 g/mol. The molecule has 3 amide bonds. The summed E-state index contributed by atoms with van der Waals surface area (Å²) in [5.74, 6) is 1.23. The van der Waals surface area contributed by atoms with Crippen LogP contribution in [0.5, 0.6) is 11.5 Å². The zero-order valence-electron chi connectivity index (χ0n) is 16.7. The molecule has 154 valence electrons. The maximum atomic E-state index is 12.6. The lowest BCUT2D eigenvalue weighted by molar-refractivity contribution is -0.123. The van der Waals surface area contributed by atoms with Crippen molar-refractivity contribution >= 4 is 17.6 Å². The molecule has 3 N–H and O–H groups in total. The molecule has 7 heteroatoms. The highest BCUT2D eigenvalue weighted by Gasteiger charge is 2.24. The van der Waals surface area contributed by atoms with E-state index in [2.05, 4.69) is 16.0 Å². The quantitative estimate of drug-likeness (QED) is 0.670. The highest BCUT2D eigenvalue weighted by Crippen LogP contribution is 2.30. The maximum absolute atomic E-state index is 12.6. The average Bonchev–Trinajstić information content (AvgIpc) is 2.72. The average molecular weight is 397 g/mol. The molecule has 0 saturated carbocycles. The van der Waals surface area contributed by atoms with Crippen molar-refractivity contribution in [2.24, 2.45) is 5.92 Å². The number of para-hydroxylation sites is 1. The standard InChI is InChI=1S/C22H27N3O4/c1-15(2)20(25-22(27)24-17-6-4-3-5-7-17)21(26)23-11-10-16-8-9-18-19(14-16)29-13-12-28-18/h3-9,14-15,20H,10-13H2,1-2H3,(H,23,26)(H2,24,25,27). The summed E-state index contributed by atoms with van der Waals surface area (Å²) in [5.41, 5.74) is 1.72. The lowest BCUT2D eigenvalue weighted by Crippen LogP contribution is -2.51. The van der Waals surface area contributed by atoms with E-state index in [0.717, 1.165) is 17.1 Å². The maximum Gasteiger partial charge on any atom is 0.319 e. The summed E-state index contributed by atoms with van der Waals surface area (Å²) in [6.45, 7) is 5.36. The Morgan fingerprint density at radius 3 is 2.45 bits per heavy atom. The van der Waals surface area contributed by atoms with Crippen molar-refractivity contribution in [3.63, 3.8) is 0 Å². The fourth-order valence-corrected chi connectivity index (χ4v) is 3.05. The van der Waals surface area contributed by atoms with Gasteiger partial charge in [0.05, 0.1) is 0 Å². The summed E-state index contributed by atoms with van der Waals surface area (Å²) < 4.78 is 11.1. The number of rotatable bonds is 7. The third-order valence-corrected chi connectivity index (χ3v) is 4.59. The van der Waals surface area contributed by atoms with Gasteiger partial charge in [-0.2, -0.15) is 0 Å². The van der Waals surface area contributed by atoms with Gasteiger partial charge in [-0.25, -0.2) is 4.79 Å². The van der Waals surface area contributed by atoms with Gasteiger partial charge in [-0.1, -0.05) is 38.1 Å². The number of amides is 3. The molecule has 2 aromatic rings. The van der Waals surface area contributed by atoms with Gasteiger partial charge in [-0.3, -0.25) is 4.79 Å². The zero-order chi connectivity index (χ0) is 20.6. The third-order valence-electron chi connectivity index (χ3n) is 4.59. The SMILES string of the molecule is CC(C)C(NC(=O)Nc1ccccc1)C(=O)NCCc1ccc2c(c1)OCCO2. The van der Waals surface area contributed by atoms with E-state index in [-0.39, 0.29) is 11.8 Å². The molecule has 0 aliphatic carbocycles. The summed E-state index contributed by atoms with van der Waals surface area (Å²) in [7, 11) is 0. The van der Waals surface area contributed by atoms with Gasteiger partial charge in [0, 0.05) is 12.2 Å². The number of fused-ring (bicyclic) bond motifs is 1. The van der Waals surface area contributed by atoms with Gasteiger partial charge in [0.25, 0.3) is 0 Å². The molecule has 0 spiro atoms. The Morgan fingerprint density at radius 2 is 1.72 bits per heavy atom. The second-order valence-electron chi connectivity index (χ2n) is 7.21. The lowest BCUT2D eigenvalue weighted by Gasteiger charge is -2.22. The van der Waals surface area contributed by atoms with Crippen LogP contribution in [-0.2, 0) is 11.2 Å². The normalized spacial score (nSPS) is 13.5. The molecule has 1 aliphatic rings. The molecule has 1 aliphatic heterocycles. The molecule has 0 aromatic heterocycles. The van der Waals surface area contributed by atoms with E-state index < -0.39 is 12.1 Å². The predicted octanol–water partition coefficient (Wildman–Crippen LogP) is 2.96. The summed E-state index contributed by atoms with van der Waals surface area (Å²) in [6.07, 6.45) is 0.656. The minimum atomic E-state index is -0.626. The number of hydrogen-bond donors (Lipinski definition) is 3. The number of benzene rings is 2. The van der Waals surface area contributed by atoms with Crippen molar-refractivity contribution < 1.29 is 19.1 Å². The van der Waals surface area contributed by atoms with E-state index in [1.165, 1.54) is 0 Å². The van der Waals surface area contributed by atoms with Crippen LogP contribution >= 0.6 is 0 Å². The molecule has 29 heavy (non-hydrogen) atoms. The van der Waals surface area contributed by atoms with Crippen LogP contribution in [0.2, 0.25) is 0 Å². The molecule has 3 rings (SSSR count). The van der Waals surface area contributed by atoms with Crippen molar-refractivity contribution in [2.45, 2.75) is 26.3 Å². The fraction of sp³-hybridized carbons (Fsp3) is 0.364. The molecule has 1 heterocycles. The molecular formula is C22H27N3O4. The number of hydrogen-bond acceptors (Lipinski definition) is 4. The van der Waals surface area contributed by atoms with Crippen LogP contribution in [0, 0.1) is 5.92 Å². The number of anilines is 1. The van der Waals surface area contributed by atoms with Crippen LogP contribution in [0.25, 0.3) is 0 Å². The number of nitrogens with one attached hydrogen (secondary N) is 3. The molecule has 1 atom stereocenters. The van der Waals surface area contributed by atoms with Crippen molar-refractivity contribution in [3.8, 4) is 11.5 Å². The topological polar surface area (TPSA) is 88.7 Å². The summed E-state index contributed by atoms with van der Waals surface area (Å²) in [6, 6.07) is 13.9. The second-order valence-corrected chi connectivity index (χ2v) is 7.21. The van der Waals surface area contributed by atoms with Gasteiger partial charge in [-0.05, 0) is 42.2 Å². The third kappa shape index (κ3) is 5.88. The summed E-state index contributed by atoms with van der Waals surface area (Å²) in [4.78, 5) is 24.8. The van der Waals surface area contributed by atoms with Gasteiger partial charge in [-0.15, -0.1) is 0 Å². The molecule has 0 saturated heterocycles. The minimum Gasteiger partial charge on any atom is -0.486 e. The van der Waals surface area contributed by atoms with Crippen molar-refractivity contribution in [3.05, 3.63) is 54.1 Å². The monoisotopic (exact) mass is 397 g/mol. The smallest absolute Gasteiger partial charge is 0.319 e. The van der Waals surface area contributed by atoms with Crippen LogP contribution < -0.4 is 25.4 Å². The zero-order valence-corrected chi connectivity index (χ0v) is 16.7. The van der Waals surface area contributed by atoms with Gasteiger partial charge in [0.15, 0.2) is 11.5 Å². The van der Waals surface area contributed by atoms with E-state index in [1.807, 2.05) is 50.2 Å². The Kier molecular flexibility index (Phi) is 6.94. The largest absolute Gasteiger partial charge is 0.486 e. The summed E-state index contributed by atoms with van der Waals surface area (Å²) >= 11 is 0. The van der Waals surface area contributed by atoms with Gasteiger partial charge < -0.3 is 25.4 Å². The Balaban J connectivity index is 1.49. The second kappa shape index (κ2) is 9.82. The minimum absolute atomic E-state index is 0.0502. The first-order valence-electron chi connectivity index (χ1n) is 9.82. The highest BCUT2D eigenvalue weighted by atomic mass is 16.6. The molecule has 7 nitrogen and oxygen atoms in total. The fourth-order valence-electron chi connectivity index (χ4n) is 3.05. The van der Waals surface area contributed by atoms with Crippen molar-refractivity contribution in [1.82, 2.24) is 10.6 Å². The Bertz CT molecular complexity index is 839. The van der Waals surface area contributed by atoms with Crippen molar-refractivity contribution in [2.75, 3.05) is 25.1 Å². The van der Waals surface area contributed by atoms with Crippen LogP contribution in [0.3, 0.4) is 0 Å². The van der Waals surface area contributed by atoms with Crippen LogP contribution in [0.4, 0.5) is 10.5 Å². The molecule has 2 aromatic carbocycles. The van der Waals surface area contributed by atoms with Crippen molar-refractivity contribution in [1.29, 1.82) is 0 Å². The Labute approximate surface area is 170 Å². The number of carbonyl (C=O) groups is 2. The molecule has 0 fully saturated rings. The van der Waals surface area contributed by atoms with Gasteiger partial charge in [0.1, 0.15) is 19.3 Å². The Morgan fingerprint density at radius 1 is 1.00 bits per heavy atom. The first-order chi connectivity index (χ1) is 14.0. The number of carbonyl (C=O) groups excluding carboxylic acids is 2. The van der Waals surface area contributed by atoms with Crippen LogP contribution in [0.15, 0.2) is 48.5 Å². The highest BCUT2D eigenvalue weighted by molar-refractivity contribution is 5.93. The van der Waals surface area contributed by atoms with Gasteiger partial charge in [0.2, 0.25) is 5.91 Å². The number of ether oxygens (including phenoxy) is 2. The summed E-state index contributed by atoms with van der Waals surface area (Å²) in [5, 5.41) is 8.40. The predicted molar refractivity (Wildman–Crippen MR) is 111 cm³/mol. The van der Waals surface area contributed by atoms with E-state index in [4.69, 9.17) is 9.47 Å². The van der Waals surface area contributed by atoms with E-state index >= 15 is 0 Å². The first kappa shape index (κ1) is 20.5. The Hall–Kier alpha value is -3.22. The van der Waals surface area contributed by atoms with E-state index in [9.17, 15) is 9.59 Å². The molecule has 0 bridgehead atoms.